The summed E-state index contributed by atoms with van der Waals surface area (Å²) in [6, 6.07) is 10.2. The highest BCUT2D eigenvalue weighted by atomic mass is 16.1. The zero-order chi connectivity index (χ0) is 16.8. The van der Waals surface area contributed by atoms with Crippen molar-refractivity contribution in [2.75, 3.05) is 5.32 Å². The molecule has 23 heavy (non-hydrogen) atoms. The normalized spacial score (nSPS) is 11.4. The molecule has 0 fully saturated rings. The SMILES string of the molecule is CC(C)N(N)/C(=N\N)c1cccc(NC(=O)c2ccccn2)n1. The highest BCUT2D eigenvalue weighted by molar-refractivity contribution is 6.03. The number of carbonyl (C=O) groups excluding carboxylic acids is 1. The zero-order valence-corrected chi connectivity index (χ0v) is 13.0. The van der Waals surface area contributed by atoms with Gasteiger partial charge in [-0.15, -0.1) is 0 Å². The summed E-state index contributed by atoms with van der Waals surface area (Å²) in [5.41, 5.74) is 0.762. The third kappa shape index (κ3) is 4.01. The van der Waals surface area contributed by atoms with Crippen molar-refractivity contribution in [1.82, 2.24) is 15.0 Å². The number of amides is 1. The van der Waals surface area contributed by atoms with E-state index in [-0.39, 0.29) is 11.9 Å². The van der Waals surface area contributed by atoms with Crippen molar-refractivity contribution in [2.24, 2.45) is 16.8 Å². The van der Waals surface area contributed by atoms with Gasteiger partial charge in [0.05, 0.1) is 0 Å². The fourth-order valence-corrected chi connectivity index (χ4v) is 1.82. The van der Waals surface area contributed by atoms with Gasteiger partial charge >= 0.3 is 0 Å². The van der Waals surface area contributed by atoms with Gasteiger partial charge in [0.15, 0.2) is 5.84 Å². The van der Waals surface area contributed by atoms with Crippen molar-refractivity contribution < 1.29 is 4.79 Å². The van der Waals surface area contributed by atoms with Gasteiger partial charge in [-0.2, -0.15) is 5.10 Å². The van der Waals surface area contributed by atoms with Crippen LogP contribution in [0.5, 0.6) is 0 Å². The molecule has 0 radical (unpaired) electrons. The minimum Gasteiger partial charge on any atom is -0.321 e. The molecule has 0 aliphatic rings. The monoisotopic (exact) mass is 313 g/mol. The molecule has 2 rings (SSSR count). The lowest BCUT2D eigenvalue weighted by Crippen LogP contribution is -2.44. The molecule has 120 valence electrons. The van der Waals surface area contributed by atoms with E-state index in [1.165, 1.54) is 5.01 Å². The van der Waals surface area contributed by atoms with Crippen LogP contribution in [0.4, 0.5) is 5.82 Å². The summed E-state index contributed by atoms with van der Waals surface area (Å²) < 4.78 is 0. The first kappa shape index (κ1) is 16.4. The predicted molar refractivity (Wildman–Crippen MR) is 88.3 cm³/mol. The topological polar surface area (TPSA) is 123 Å². The number of rotatable bonds is 4. The predicted octanol–water partition coefficient (Wildman–Crippen LogP) is 0.933. The molecule has 8 nitrogen and oxygen atoms in total. The number of aromatic nitrogens is 2. The van der Waals surface area contributed by atoms with Gasteiger partial charge in [-0.1, -0.05) is 12.1 Å². The van der Waals surface area contributed by atoms with Crippen LogP contribution in [-0.2, 0) is 0 Å². The molecular formula is C15H19N7O. The Morgan fingerprint density at radius 1 is 1.22 bits per heavy atom. The molecule has 0 spiro atoms. The van der Waals surface area contributed by atoms with Crippen LogP contribution < -0.4 is 17.0 Å². The fraction of sp³-hybridized carbons (Fsp3) is 0.200. The number of hydrazine groups is 1. The second-order valence-electron chi connectivity index (χ2n) is 5.03. The Hall–Kier alpha value is -3.00. The van der Waals surface area contributed by atoms with E-state index in [0.29, 0.717) is 23.0 Å². The van der Waals surface area contributed by atoms with E-state index in [1.54, 1.807) is 42.6 Å². The Bertz CT molecular complexity index is 700. The molecule has 0 aromatic carbocycles. The first-order chi connectivity index (χ1) is 11.0. The van der Waals surface area contributed by atoms with Gasteiger partial charge < -0.3 is 11.2 Å². The van der Waals surface area contributed by atoms with Crippen molar-refractivity contribution in [2.45, 2.75) is 19.9 Å². The van der Waals surface area contributed by atoms with Crippen LogP contribution in [0.15, 0.2) is 47.7 Å². The quantitative estimate of drug-likeness (QED) is 0.334. The number of carbonyl (C=O) groups is 1. The van der Waals surface area contributed by atoms with Gasteiger partial charge in [-0.05, 0) is 38.1 Å². The van der Waals surface area contributed by atoms with E-state index >= 15 is 0 Å². The molecule has 5 N–H and O–H groups in total. The van der Waals surface area contributed by atoms with Gasteiger partial charge in [0, 0.05) is 12.2 Å². The van der Waals surface area contributed by atoms with E-state index in [4.69, 9.17) is 11.7 Å². The Morgan fingerprint density at radius 2 is 1.96 bits per heavy atom. The molecule has 0 unspecified atom stereocenters. The van der Waals surface area contributed by atoms with Crippen LogP contribution in [0, 0.1) is 0 Å². The van der Waals surface area contributed by atoms with E-state index in [0.717, 1.165) is 0 Å². The third-order valence-corrected chi connectivity index (χ3v) is 3.04. The first-order valence-corrected chi connectivity index (χ1v) is 7.04. The van der Waals surface area contributed by atoms with Crippen molar-refractivity contribution in [3.63, 3.8) is 0 Å². The number of nitrogens with two attached hydrogens (primary N) is 2. The molecule has 2 aromatic heterocycles. The molecule has 0 saturated carbocycles. The number of anilines is 1. The maximum Gasteiger partial charge on any atom is 0.275 e. The lowest BCUT2D eigenvalue weighted by molar-refractivity contribution is 0.102. The summed E-state index contributed by atoms with van der Waals surface area (Å²) in [6.45, 7) is 3.80. The number of hydrogen-bond acceptors (Lipinski definition) is 6. The summed E-state index contributed by atoms with van der Waals surface area (Å²) in [5, 5.41) is 7.78. The highest BCUT2D eigenvalue weighted by Gasteiger charge is 2.16. The molecule has 2 aromatic rings. The molecule has 2 heterocycles. The Kier molecular flexibility index (Phi) is 5.21. The van der Waals surface area contributed by atoms with Crippen molar-refractivity contribution in [3.05, 3.63) is 54.0 Å². The van der Waals surface area contributed by atoms with Gasteiger partial charge in [0.2, 0.25) is 0 Å². The van der Waals surface area contributed by atoms with Gasteiger partial charge in [-0.3, -0.25) is 14.8 Å². The summed E-state index contributed by atoms with van der Waals surface area (Å²) in [5.74, 6) is 11.7. The van der Waals surface area contributed by atoms with Crippen molar-refractivity contribution >= 4 is 17.6 Å². The van der Waals surface area contributed by atoms with E-state index < -0.39 is 0 Å². The van der Waals surface area contributed by atoms with Gasteiger partial charge in [0.25, 0.3) is 5.91 Å². The summed E-state index contributed by atoms with van der Waals surface area (Å²) in [7, 11) is 0. The van der Waals surface area contributed by atoms with Crippen LogP contribution in [0.3, 0.4) is 0 Å². The number of nitrogens with zero attached hydrogens (tertiary/aromatic N) is 4. The Labute approximate surface area is 134 Å². The molecule has 0 saturated heterocycles. The Balaban J connectivity index is 2.21. The van der Waals surface area contributed by atoms with Crippen LogP contribution >= 0.6 is 0 Å². The number of hydrazone groups is 1. The number of amidine groups is 1. The number of nitrogens with one attached hydrogen (secondary N) is 1. The Morgan fingerprint density at radius 3 is 2.57 bits per heavy atom. The zero-order valence-electron chi connectivity index (χ0n) is 13.0. The smallest absolute Gasteiger partial charge is 0.275 e. The van der Waals surface area contributed by atoms with E-state index in [2.05, 4.69) is 20.4 Å². The van der Waals surface area contributed by atoms with Crippen LogP contribution in [0.2, 0.25) is 0 Å². The average molecular weight is 313 g/mol. The lowest BCUT2D eigenvalue weighted by atomic mass is 10.2. The second kappa shape index (κ2) is 7.32. The minimum absolute atomic E-state index is 0.00846. The summed E-state index contributed by atoms with van der Waals surface area (Å²) >= 11 is 0. The maximum atomic E-state index is 12.1. The van der Waals surface area contributed by atoms with Crippen molar-refractivity contribution in [1.29, 1.82) is 0 Å². The average Bonchev–Trinajstić information content (AvgIpc) is 2.56. The number of hydrogen-bond donors (Lipinski definition) is 3. The standard InChI is InChI=1S/C15H19N7O/c1-10(2)22(17)14(21-16)11-7-5-8-13(19-11)20-15(23)12-6-3-4-9-18-12/h3-10H,16-17H2,1-2H3,(H,19,20,23)/b21-14-. The third-order valence-electron chi connectivity index (χ3n) is 3.04. The molecule has 0 aliphatic carbocycles. The fourth-order valence-electron chi connectivity index (χ4n) is 1.82. The number of pyridine rings is 2. The van der Waals surface area contributed by atoms with E-state index in [1.807, 2.05) is 13.8 Å². The van der Waals surface area contributed by atoms with E-state index in [9.17, 15) is 4.79 Å². The van der Waals surface area contributed by atoms with Gasteiger partial charge in [0.1, 0.15) is 17.2 Å². The van der Waals surface area contributed by atoms with Crippen LogP contribution in [-0.4, -0.2) is 32.8 Å². The molecule has 8 heteroatoms. The summed E-state index contributed by atoms with van der Waals surface area (Å²) in [6.07, 6.45) is 1.55. The first-order valence-electron chi connectivity index (χ1n) is 7.04. The molecule has 0 bridgehead atoms. The maximum absolute atomic E-state index is 12.1. The van der Waals surface area contributed by atoms with Gasteiger partial charge in [-0.25, -0.2) is 10.8 Å². The molecular weight excluding hydrogens is 294 g/mol. The van der Waals surface area contributed by atoms with Crippen LogP contribution in [0.1, 0.15) is 30.0 Å². The summed E-state index contributed by atoms with van der Waals surface area (Å²) in [4.78, 5) is 20.4. The molecule has 0 aliphatic heterocycles. The minimum atomic E-state index is -0.352. The van der Waals surface area contributed by atoms with Crippen molar-refractivity contribution in [3.8, 4) is 0 Å². The van der Waals surface area contributed by atoms with Crippen LogP contribution in [0.25, 0.3) is 0 Å². The molecule has 0 atom stereocenters. The second-order valence-corrected chi connectivity index (χ2v) is 5.03. The largest absolute Gasteiger partial charge is 0.321 e. The lowest BCUT2D eigenvalue weighted by Gasteiger charge is -2.23. The highest BCUT2D eigenvalue weighted by Crippen LogP contribution is 2.09. The molecule has 1 amide bonds.